The Morgan fingerprint density at radius 2 is 2.29 bits per heavy atom. The Kier molecular flexibility index (Phi) is 3.49. The quantitative estimate of drug-likeness (QED) is 0.907. The molecule has 4 nitrogen and oxygen atoms in total. The number of benzene rings is 1. The van der Waals surface area contributed by atoms with Crippen molar-refractivity contribution in [2.24, 2.45) is 0 Å². The smallest absolute Gasteiger partial charge is 0.269 e. The van der Waals surface area contributed by atoms with E-state index in [2.05, 4.69) is 14.9 Å². The van der Waals surface area contributed by atoms with Crippen LogP contribution in [0.4, 0.5) is 5.69 Å². The minimum atomic E-state index is -0.137. The van der Waals surface area contributed by atoms with Crippen LogP contribution >= 0.6 is 11.5 Å². The van der Waals surface area contributed by atoms with E-state index in [9.17, 15) is 4.79 Å². The molecule has 0 aliphatic rings. The van der Waals surface area contributed by atoms with Gasteiger partial charge in [-0.1, -0.05) is 23.5 Å². The van der Waals surface area contributed by atoms with Crippen LogP contribution in [-0.4, -0.2) is 15.5 Å². The van der Waals surface area contributed by atoms with Gasteiger partial charge in [-0.25, -0.2) is 0 Å². The fourth-order valence-electron chi connectivity index (χ4n) is 1.52. The summed E-state index contributed by atoms with van der Waals surface area (Å²) >= 11 is 1.13. The van der Waals surface area contributed by atoms with Crippen LogP contribution in [0.1, 0.15) is 27.9 Å². The molecule has 0 radical (unpaired) electrons. The van der Waals surface area contributed by atoms with Crippen molar-refractivity contribution in [2.75, 3.05) is 5.32 Å². The van der Waals surface area contributed by atoms with Gasteiger partial charge in [0.1, 0.15) is 4.88 Å². The van der Waals surface area contributed by atoms with E-state index in [1.54, 1.807) is 0 Å². The van der Waals surface area contributed by atoms with Crippen molar-refractivity contribution in [2.45, 2.75) is 20.3 Å². The van der Waals surface area contributed by atoms with Gasteiger partial charge in [0, 0.05) is 5.69 Å². The molecule has 0 spiro atoms. The van der Waals surface area contributed by atoms with Crippen LogP contribution in [0, 0.1) is 6.92 Å². The highest BCUT2D eigenvalue weighted by molar-refractivity contribution is 7.08. The lowest BCUT2D eigenvalue weighted by atomic mass is 10.2. The Hall–Kier alpha value is -1.75. The van der Waals surface area contributed by atoms with Crippen molar-refractivity contribution in [3.05, 3.63) is 40.4 Å². The second kappa shape index (κ2) is 5.05. The van der Waals surface area contributed by atoms with Gasteiger partial charge < -0.3 is 5.32 Å². The van der Waals surface area contributed by atoms with Crippen LogP contribution in [0.25, 0.3) is 0 Å². The maximum absolute atomic E-state index is 12.0. The number of carbonyl (C=O) groups is 1. The Morgan fingerprint density at radius 1 is 1.47 bits per heavy atom. The van der Waals surface area contributed by atoms with Gasteiger partial charge in [-0.2, -0.15) is 0 Å². The second-order valence-electron chi connectivity index (χ2n) is 3.73. The summed E-state index contributed by atoms with van der Waals surface area (Å²) in [5.41, 5.74) is 2.66. The Bertz CT molecular complexity index is 536. The van der Waals surface area contributed by atoms with Gasteiger partial charge in [-0.3, -0.25) is 4.79 Å². The van der Waals surface area contributed by atoms with E-state index in [-0.39, 0.29) is 5.91 Å². The molecule has 0 unspecified atom stereocenters. The molecule has 5 heteroatoms. The molecule has 0 bridgehead atoms. The van der Waals surface area contributed by atoms with Crippen LogP contribution in [-0.2, 0) is 6.42 Å². The molecule has 0 aliphatic heterocycles. The molecule has 2 aromatic rings. The lowest BCUT2D eigenvalue weighted by molar-refractivity contribution is 0.102. The number of carbonyl (C=O) groups excluding carboxylic acids is 1. The molecule has 1 N–H and O–H groups in total. The molecule has 0 atom stereocenters. The van der Waals surface area contributed by atoms with Crippen molar-refractivity contribution >= 4 is 23.1 Å². The summed E-state index contributed by atoms with van der Waals surface area (Å²) in [6, 6.07) is 7.70. The molecule has 88 valence electrons. The van der Waals surface area contributed by atoms with Crippen molar-refractivity contribution < 1.29 is 4.79 Å². The third-order valence-electron chi connectivity index (χ3n) is 2.37. The van der Waals surface area contributed by atoms with E-state index in [0.717, 1.165) is 28.5 Å². The number of rotatable bonds is 3. The highest BCUT2D eigenvalue weighted by atomic mass is 32.1. The van der Waals surface area contributed by atoms with Gasteiger partial charge in [0.25, 0.3) is 5.91 Å². The van der Waals surface area contributed by atoms with Crippen molar-refractivity contribution in [1.29, 1.82) is 0 Å². The van der Waals surface area contributed by atoms with Crippen LogP contribution < -0.4 is 5.32 Å². The normalized spacial score (nSPS) is 10.2. The molecular weight excluding hydrogens is 234 g/mol. The number of aromatic nitrogens is 2. The number of nitrogens with zero attached hydrogens (tertiary/aromatic N) is 2. The third kappa shape index (κ3) is 2.68. The van der Waals surface area contributed by atoms with E-state index < -0.39 is 0 Å². The van der Waals surface area contributed by atoms with E-state index in [1.807, 2.05) is 38.1 Å². The Labute approximate surface area is 104 Å². The zero-order valence-electron chi connectivity index (χ0n) is 9.73. The topological polar surface area (TPSA) is 54.9 Å². The zero-order valence-corrected chi connectivity index (χ0v) is 10.5. The van der Waals surface area contributed by atoms with E-state index in [4.69, 9.17) is 0 Å². The number of hydrogen-bond acceptors (Lipinski definition) is 4. The monoisotopic (exact) mass is 247 g/mol. The maximum atomic E-state index is 12.0. The summed E-state index contributed by atoms with van der Waals surface area (Å²) < 4.78 is 3.80. The predicted octanol–water partition coefficient (Wildman–Crippen LogP) is 2.66. The highest BCUT2D eigenvalue weighted by Gasteiger charge is 2.14. The summed E-state index contributed by atoms with van der Waals surface area (Å²) in [7, 11) is 0. The lowest BCUT2D eigenvalue weighted by Crippen LogP contribution is -2.12. The van der Waals surface area contributed by atoms with Crippen molar-refractivity contribution in [3.8, 4) is 0 Å². The number of anilines is 1. The van der Waals surface area contributed by atoms with Crippen LogP contribution in [0.15, 0.2) is 24.3 Å². The summed E-state index contributed by atoms with van der Waals surface area (Å²) in [5.74, 6) is -0.137. The summed E-state index contributed by atoms with van der Waals surface area (Å²) in [6.45, 7) is 3.95. The molecule has 0 aliphatic carbocycles. The minimum absolute atomic E-state index is 0.137. The van der Waals surface area contributed by atoms with Gasteiger partial charge in [0.2, 0.25) is 0 Å². The van der Waals surface area contributed by atoms with Crippen molar-refractivity contribution in [1.82, 2.24) is 9.59 Å². The Balaban J connectivity index is 2.17. The third-order valence-corrected chi connectivity index (χ3v) is 3.14. The van der Waals surface area contributed by atoms with E-state index >= 15 is 0 Å². The zero-order chi connectivity index (χ0) is 12.3. The van der Waals surface area contributed by atoms with Crippen LogP contribution in [0.3, 0.4) is 0 Å². The predicted molar refractivity (Wildman–Crippen MR) is 68.4 cm³/mol. The van der Waals surface area contributed by atoms with Gasteiger partial charge in [0.05, 0.1) is 5.69 Å². The molecule has 1 heterocycles. The molecule has 1 aromatic heterocycles. The van der Waals surface area contributed by atoms with Gasteiger partial charge in [-0.05, 0) is 42.6 Å². The summed E-state index contributed by atoms with van der Waals surface area (Å²) in [4.78, 5) is 12.6. The summed E-state index contributed by atoms with van der Waals surface area (Å²) in [6.07, 6.45) is 0.715. The average Bonchev–Trinajstić information content (AvgIpc) is 2.77. The first-order valence-electron chi connectivity index (χ1n) is 5.40. The van der Waals surface area contributed by atoms with Gasteiger partial charge in [0.15, 0.2) is 0 Å². The number of nitrogens with one attached hydrogen (secondary N) is 1. The molecular formula is C12H13N3OS. The van der Waals surface area contributed by atoms with E-state index in [0.29, 0.717) is 11.3 Å². The number of amides is 1. The minimum Gasteiger partial charge on any atom is -0.321 e. The van der Waals surface area contributed by atoms with Gasteiger partial charge >= 0.3 is 0 Å². The molecule has 0 saturated carbocycles. The fraction of sp³-hybridized carbons (Fsp3) is 0.250. The SMILES string of the molecule is CCc1nnsc1C(=O)Nc1cccc(C)c1. The standard InChI is InChI=1S/C12H13N3OS/c1-3-10-11(17-15-14-10)12(16)13-9-6-4-5-8(2)7-9/h4-7H,3H2,1-2H3,(H,13,16). The first kappa shape index (κ1) is 11.7. The van der Waals surface area contributed by atoms with E-state index in [1.165, 1.54) is 0 Å². The first-order chi connectivity index (χ1) is 8.20. The molecule has 1 amide bonds. The van der Waals surface area contributed by atoms with Gasteiger partial charge in [-0.15, -0.1) is 5.10 Å². The number of hydrogen-bond donors (Lipinski definition) is 1. The largest absolute Gasteiger partial charge is 0.321 e. The molecule has 17 heavy (non-hydrogen) atoms. The maximum Gasteiger partial charge on any atom is 0.269 e. The second-order valence-corrected chi connectivity index (χ2v) is 4.48. The first-order valence-corrected chi connectivity index (χ1v) is 6.17. The highest BCUT2D eigenvalue weighted by Crippen LogP contribution is 2.15. The summed E-state index contributed by atoms with van der Waals surface area (Å²) in [5, 5.41) is 6.77. The van der Waals surface area contributed by atoms with Crippen molar-refractivity contribution in [3.63, 3.8) is 0 Å². The molecule has 1 aromatic carbocycles. The number of aryl methyl sites for hydroxylation is 2. The van der Waals surface area contributed by atoms with Crippen LogP contribution in [0.5, 0.6) is 0 Å². The average molecular weight is 247 g/mol. The molecule has 0 saturated heterocycles. The fourth-order valence-corrected chi connectivity index (χ4v) is 2.17. The van der Waals surface area contributed by atoms with Crippen LogP contribution in [0.2, 0.25) is 0 Å². The molecule has 0 fully saturated rings. The Morgan fingerprint density at radius 3 is 3.00 bits per heavy atom. The lowest BCUT2D eigenvalue weighted by Gasteiger charge is -2.04. The molecule has 2 rings (SSSR count).